The van der Waals surface area contributed by atoms with Crippen molar-refractivity contribution < 1.29 is 14.3 Å². The van der Waals surface area contributed by atoms with E-state index in [0.717, 1.165) is 5.57 Å². The van der Waals surface area contributed by atoms with Gasteiger partial charge in [0.2, 0.25) is 6.10 Å². The molecule has 1 N–H and O–H groups in total. The van der Waals surface area contributed by atoms with Crippen molar-refractivity contribution in [2.75, 3.05) is 6.54 Å². The topological polar surface area (TPSA) is 47.6 Å². The minimum atomic E-state index is -0.626. The maximum atomic E-state index is 12.0. The second kappa shape index (κ2) is 5.12. The van der Waals surface area contributed by atoms with Gasteiger partial charge in [-0.2, -0.15) is 0 Å². The number of benzene rings is 1. The first-order chi connectivity index (χ1) is 8.58. The Bertz CT molecular complexity index is 470. The normalized spacial score (nSPS) is 21.2. The predicted molar refractivity (Wildman–Crippen MR) is 68.8 cm³/mol. The Labute approximate surface area is 107 Å². The van der Waals surface area contributed by atoms with Gasteiger partial charge in [-0.15, -0.1) is 0 Å². The smallest absolute Gasteiger partial charge is 0.265 e. The lowest BCUT2D eigenvalue weighted by atomic mass is 10.1. The number of ether oxygens (including phenoxy) is 2. The second-order valence-electron chi connectivity index (χ2n) is 4.48. The van der Waals surface area contributed by atoms with Gasteiger partial charge in [0, 0.05) is 6.54 Å². The first kappa shape index (κ1) is 12.5. The molecule has 0 bridgehead atoms. The summed E-state index contributed by atoms with van der Waals surface area (Å²) in [5, 5.41) is 2.77. The van der Waals surface area contributed by atoms with Crippen LogP contribution in [0.15, 0.2) is 36.4 Å². The number of carbonyl (C=O) groups excluding carboxylic acids is 1. The summed E-state index contributed by atoms with van der Waals surface area (Å²) in [4.78, 5) is 12.0. The number of carbonyl (C=O) groups is 1. The number of rotatable bonds is 3. The van der Waals surface area contributed by atoms with E-state index >= 15 is 0 Å². The first-order valence-electron chi connectivity index (χ1n) is 5.92. The second-order valence-corrected chi connectivity index (χ2v) is 4.48. The SMILES string of the molecule is C=C(C)CNC(=O)C1Oc2ccccc2OC1C. The van der Waals surface area contributed by atoms with Gasteiger partial charge in [-0.3, -0.25) is 4.79 Å². The highest BCUT2D eigenvalue weighted by molar-refractivity contribution is 5.82. The summed E-state index contributed by atoms with van der Waals surface area (Å²) >= 11 is 0. The molecule has 0 aromatic heterocycles. The Hall–Kier alpha value is -1.97. The van der Waals surface area contributed by atoms with Crippen LogP contribution in [0, 0.1) is 0 Å². The van der Waals surface area contributed by atoms with Crippen LogP contribution in [0.1, 0.15) is 13.8 Å². The van der Waals surface area contributed by atoms with Crippen LogP contribution in [0.4, 0.5) is 0 Å². The molecule has 0 aliphatic carbocycles. The number of hydrogen-bond donors (Lipinski definition) is 1. The number of fused-ring (bicyclic) bond motifs is 1. The van der Waals surface area contributed by atoms with E-state index in [0.29, 0.717) is 18.0 Å². The zero-order chi connectivity index (χ0) is 13.1. The molecule has 18 heavy (non-hydrogen) atoms. The van der Waals surface area contributed by atoms with Crippen LogP contribution in [0.25, 0.3) is 0 Å². The van der Waals surface area contributed by atoms with E-state index in [2.05, 4.69) is 11.9 Å². The Kier molecular flexibility index (Phi) is 3.55. The molecule has 1 amide bonds. The fraction of sp³-hybridized carbons (Fsp3) is 0.357. The molecule has 1 aromatic carbocycles. The Balaban J connectivity index is 2.07. The highest BCUT2D eigenvalue weighted by Gasteiger charge is 2.33. The minimum Gasteiger partial charge on any atom is -0.482 e. The van der Waals surface area contributed by atoms with Crippen LogP contribution in [-0.2, 0) is 4.79 Å². The Morgan fingerprint density at radius 1 is 1.33 bits per heavy atom. The minimum absolute atomic E-state index is 0.181. The molecule has 1 heterocycles. The highest BCUT2D eigenvalue weighted by atomic mass is 16.6. The van der Waals surface area contributed by atoms with Crippen LogP contribution < -0.4 is 14.8 Å². The van der Waals surface area contributed by atoms with Crippen LogP contribution in [0.2, 0.25) is 0 Å². The van der Waals surface area contributed by atoms with Crippen LogP contribution in [0.5, 0.6) is 11.5 Å². The van der Waals surface area contributed by atoms with Crippen LogP contribution >= 0.6 is 0 Å². The molecule has 4 nitrogen and oxygen atoms in total. The van der Waals surface area contributed by atoms with E-state index in [4.69, 9.17) is 9.47 Å². The molecular weight excluding hydrogens is 230 g/mol. The molecule has 96 valence electrons. The first-order valence-corrected chi connectivity index (χ1v) is 5.92. The van der Waals surface area contributed by atoms with E-state index in [1.54, 1.807) is 6.07 Å². The fourth-order valence-electron chi connectivity index (χ4n) is 1.74. The molecular formula is C14H17NO3. The van der Waals surface area contributed by atoms with Crippen molar-refractivity contribution in [2.45, 2.75) is 26.1 Å². The Morgan fingerprint density at radius 3 is 2.56 bits per heavy atom. The summed E-state index contributed by atoms with van der Waals surface area (Å²) in [5.74, 6) is 1.10. The van der Waals surface area contributed by atoms with Gasteiger partial charge in [-0.1, -0.05) is 24.3 Å². The fourth-order valence-corrected chi connectivity index (χ4v) is 1.74. The van der Waals surface area contributed by atoms with E-state index < -0.39 is 6.10 Å². The average molecular weight is 247 g/mol. The van der Waals surface area contributed by atoms with Gasteiger partial charge in [0.1, 0.15) is 6.10 Å². The molecule has 4 heteroatoms. The molecule has 0 radical (unpaired) electrons. The third-order valence-electron chi connectivity index (χ3n) is 2.67. The molecule has 2 rings (SSSR count). The van der Waals surface area contributed by atoms with Gasteiger partial charge in [0.05, 0.1) is 0 Å². The monoisotopic (exact) mass is 247 g/mol. The maximum absolute atomic E-state index is 12.0. The molecule has 1 aliphatic heterocycles. The van der Waals surface area contributed by atoms with Crippen molar-refractivity contribution in [2.24, 2.45) is 0 Å². The zero-order valence-electron chi connectivity index (χ0n) is 10.6. The van der Waals surface area contributed by atoms with E-state index in [9.17, 15) is 4.79 Å². The van der Waals surface area contributed by atoms with Crippen molar-refractivity contribution >= 4 is 5.91 Å². The highest BCUT2D eigenvalue weighted by Crippen LogP contribution is 2.33. The van der Waals surface area contributed by atoms with Gasteiger partial charge in [0.15, 0.2) is 11.5 Å². The van der Waals surface area contributed by atoms with Gasteiger partial charge in [-0.25, -0.2) is 0 Å². The molecule has 1 aromatic rings. The van der Waals surface area contributed by atoms with Crippen LogP contribution in [-0.4, -0.2) is 24.7 Å². The summed E-state index contributed by atoms with van der Waals surface area (Å²) in [5.41, 5.74) is 0.896. The number of hydrogen-bond acceptors (Lipinski definition) is 3. The van der Waals surface area contributed by atoms with Crippen LogP contribution in [0.3, 0.4) is 0 Å². The van der Waals surface area contributed by atoms with Crippen molar-refractivity contribution in [3.63, 3.8) is 0 Å². The zero-order valence-corrected chi connectivity index (χ0v) is 10.6. The number of para-hydroxylation sites is 2. The van der Waals surface area contributed by atoms with Gasteiger partial charge in [-0.05, 0) is 26.0 Å². The molecule has 2 atom stereocenters. The van der Waals surface area contributed by atoms with Crippen molar-refractivity contribution in [1.82, 2.24) is 5.32 Å². The summed E-state index contributed by atoms with van der Waals surface area (Å²) in [6.07, 6.45) is -0.940. The average Bonchev–Trinajstić information content (AvgIpc) is 2.35. The predicted octanol–water partition coefficient (Wildman–Crippen LogP) is 1.91. The molecule has 0 spiro atoms. The molecule has 0 saturated heterocycles. The molecule has 1 aliphatic rings. The number of amides is 1. The van der Waals surface area contributed by atoms with E-state index in [-0.39, 0.29) is 12.0 Å². The number of nitrogens with one attached hydrogen (secondary N) is 1. The third-order valence-corrected chi connectivity index (χ3v) is 2.67. The van der Waals surface area contributed by atoms with Crippen molar-refractivity contribution in [3.8, 4) is 11.5 Å². The summed E-state index contributed by atoms with van der Waals surface area (Å²) in [6, 6.07) is 7.34. The molecule has 0 saturated carbocycles. The molecule has 2 unspecified atom stereocenters. The Morgan fingerprint density at radius 2 is 1.94 bits per heavy atom. The quantitative estimate of drug-likeness (QED) is 0.830. The summed E-state index contributed by atoms with van der Waals surface area (Å²) < 4.78 is 11.3. The molecule has 0 fully saturated rings. The summed E-state index contributed by atoms with van der Waals surface area (Å²) in [7, 11) is 0. The van der Waals surface area contributed by atoms with Crippen molar-refractivity contribution in [1.29, 1.82) is 0 Å². The summed E-state index contributed by atoms with van der Waals surface area (Å²) in [6.45, 7) is 7.87. The third kappa shape index (κ3) is 2.64. The van der Waals surface area contributed by atoms with E-state index in [1.165, 1.54) is 0 Å². The van der Waals surface area contributed by atoms with Gasteiger partial charge in [0.25, 0.3) is 5.91 Å². The lowest BCUT2D eigenvalue weighted by Gasteiger charge is -2.31. The van der Waals surface area contributed by atoms with Gasteiger partial charge >= 0.3 is 0 Å². The lowest BCUT2D eigenvalue weighted by Crippen LogP contribution is -2.49. The lowest BCUT2D eigenvalue weighted by molar-refractivity contribution is -0.133. The van der Waals surface area contributed by atoms with Crippen molar-refractivity contribution in [3.05, 3.63) is 36.4 Å². The van der Waals surface area contributed by atoms with E-state index in [1.807, 2.05) is 32.0 Å². The largest absolute Gasteiger partial charge is 0.482 e. The standard InChI is InChI=1S/C14H17NO3/c1-9(2)8-15-14(16)13-10(3)17-11-6-4-5-7-12(11)18-13/h4-7,10,13H,1,8H2,2-3H3,(H,15,16). The maximum Gasteiger partial charge on any atom is 0.265 e. The van der Waals surface area contributed by atoms with Gasteiger partial charge < -0.3 is 14.8 Å².